The van der Waals surface area contributed by atoms with E-state index in [1.54, 1.807) is 14.2 Å². The molecule has 0 saturated carbocycles. The van der Waals surface area contributed by atoms with Crippen LogP contribution in [0.4, 0.5) is 0 Å². The topological polar surface area (TPSA) is 80.4 Å². The lowest BCUT2D eigenvalue weighted by Gasteiger charge is -2.16. The van der Waals surface area contributed by atoms with Crippen LogP contribution in [0.15, 0.2) is 18.2 Å². The van der Waals surface area contributed by atoms with E-state index < -0.39 is 0 Å². The van der Waals surface area contributed by atoms with Gasteiger partial charge in [-0.3, -0.25) is 9.59 Å². The van der Waals surface area contributed by atoms with Crippen molar-refractivity contribution in [3.8, 4) is 11.5 Å². The second-order valence-corrected chi connectivity index (χ2v) is 6.56. The van der Waals surface area contributed by atoms with Gasteiger partial charge < -0.3 is 19.8 Å². The summed E-state index contributed by atoms with van der Waals surface area (Å²) in [5, 5.41) is 2.99. The lowest BCUT2D eigenvalue weighted by molar-refractivity contribution is 0.0934. The van der Waals surface area contributed by atoms with E-state index in [0.717, 1.165) is 29.7 Å². The van der Waals surface area contributed by atoms with Crippen LogP contribution in [0, 0.1) is 6.92 Å². The molecule has 26 heavy (non-hydrogen) atoms. The highest BCUT2D eigenvalue weighted by Gasteiger charge is 2.27. The van der Waals surface area contributed by atoms with E-state index in [-0.39, 0.29) is 17.7 Å². The van der Waals surface area contributed by atoms with Crippen LogP contribution in [-0.4, -0.2) is 30.9 Å². The van der Waals surface area contributed by atoms with Gasteiger partial charge in [-0.2, -0.15) is 0 Å². The van der Waals surface area contributed by atoms with Gasteiger partial charge in [0, 0.05) is 17.7 Å². The molecule has 0 spiro atoms. The van der Waals surface area contributed by atoms with Crippen LogP contribution in [-0.2, 0) is 6.42 Å². The quantitative estimate of drug-likeness (QED) is 0.861. The van der Waals surface area contributed by atoms with Gasteiger partial charge in [-0.15, -0.1) is 0 Å². The average molecular weight is 356 g/mol. The molecule has 0 aliphatic heterocycles. The highest BCUT2D eigenvalue weighted by molar-refractivity contribution is 6.04. The summed E-state index contributed by atoms with van der Waals surface area (Å²) in [6.07, 6.45) is 2.18. The first-order valence-corrected chi connectivity index (χ1v) is 8.73. The number of methoxy groups -OCH3 is 2. The summed E-state index contributed by atoms with van der Waals surface area (Å²) in [6.45, 7) is 3.73. The average Bonchev–Trinajstić information content (AvgIpc) is 2.99. The van der Waals surface area contributed by atoms with Crippen molar-refractivity contribution in [1.29, 1.82) is 0 Å². The number of carbonyl (C=O) groups excluding carboxylic acids is 2. The molecular formula is C20H24N2O4. The molecule has 1 aliphatic carbocycles. The van der Waals surface area contributed by atoms with Crippen LogP contribution in [0.2, 0.25) is 0 Å². The Morgan fingerprint density at radius 3 is 2.58 bits per heavy atom. The highest BCUT2D eigenvalue weighted by atomic mass is 16.5. The first-order chi connectivity index (χ1) is 12.5. The largest absolute Gasteiger partial charge is 0.493 e. The molecule has 1 aliphatic rings. The number of benzene rings is 1. The molecular weight excluding hydrogens is 332 g/mol. The zero-order chi connectivity index (χ0) is 18.8. The van der Waals surface area contributed by atoms with Crippen LogP contribution < -0.4 is 14.8 Å². The maximum atomic E-state index is 12.7. The third-order valence-corrected chi connectivity index (χ3v) is 4.92. The van der Waals surface area contributed by atoms with Crippen molar-refractivity contribution in [2.45, 2.75) is 39.2 Å². The minimum absolute atomic E-state index is 0.118. The van der Waals surface area contributed by atoms with Crippen molar-refractivity contribution in [2.75, 3.05) is 14.2 Å². The van der Waals surface area contributed by atoms with Gasteiger partial charge in [0.15, 0.2) is 17.3 Å². The van der Waals surface area contributed by atoms with Crippen molar-refractivity contribution in [3.05, 3.63) is 46.3 Å². The number of amides is 1. The number of aromatic amines is 1. The summed E-state index contributed by atoms with van der Waals surface area (Å²) in [5.74, 6) is 1.16. The number of aryl methyl sites for hydroxylation is 1. The van der Waals surface area contributed by atoms with E-state index >= 15 is 0 Å². The minimum atomic E-state index is -0.224. The second-order valence-electron chi connectivity index (χ2n) is 6.56. The molecule has 1 unspecified atom stereocenters. The molecule has 1 aromatic carbocycles. The summed E-state index contributed by atoms with van der Waals surface area (Å²) in [4.78, 5) is 28.0. The number of ketones is 1. The van der Waals surface area contributed by atoms with Crippen molar-refractivity contribution in [3.63, 3.8) is 0 Å². The van der Waals surface area contributed by atoms with Crippen LogP contribution in [0.5, 0.6) is 11.5 Å². The Morgan fingerprint density at radius 2 is 1.92 bits per heavy atom. The maximum Gasteiger partial charge on any atom is 0.268 e. The highest BCUT2D eigenvalue weighted by Crippen LogP contribution is 2.30. The molecule has 1 atom stereocenters. The van der Waals surface area contributed by atoms with E-state index in [1.165, 1.54) is 0 Å². The predicted molar refractivity (Wildman–Crippen MR) is 98.2 cm³/mol. The molecule has 2 aromatic rings. The molecule has 1 amide bonds. The number of Topliss-reactive ketones (excluding diaryl/α,β-unsaturated/α-hetero) is 1. The van der Waals surface area contributed by atoms with E-state index in [2.05, 4.69) is 10.3 Å². The number of hydrogen-bond donors (Lipinski definition) is 2. The smallest absolute Gasteiger partial charge is 0.268 e. The van der Waals surface area contributed by atoms with Gasteiger partial charge in [0.1, 0.15) is 5.69 Å². The Kier molecular flexibility index (Phi) is 5.02. The summed E-state index contributed by atoms with van der Waals surface area (Å²) < 4.78 is 10.6. The molecule has 0 saturated heterocycles. The van der Waals surface area contributed by atoms with Crippen LogP contribution in [0.1, 0.15) is 63.5 Å². The first kappa shape index (κ1) is 18.0. The monoisotopic (exact) mass is 356 g/mol. The number of carbonyl (C=O) groups is 2. The molecule has 138 valence electrons. The van der Waals surface area contributed by atoms with Crippen molar-refractivity contribution in [2.24, 2.45) is 0 Å². The lowest BCUT2D eigenvalue weighted by Crippen LogP contribution is -2.27. The molecule has 0 fully saturated rings. The molecule has 1 heterocycles. The van der Waals surface area contributed by atoms with Crippen molar-refractivity contribution < 1.29 is 19.1 Å². The van der Waals surface area contributed by atoms with Gasteiger partial charge >= 0.3 is 0 Å². The standard InChI is InChI=1S/C20H24N2O4/c1-11-18-14(6-5-7-15(18)23)22-19(11)20(24)21-12(2)13-8-9-16(25-3)17(10-13)26-4/h8-10,12,22H,5-7H2,1-4H3,(H,21,24). The summed E-state index contributed by atoms with van der Waals surface area (Å²) in [5.41, 5.74) is 3.68. The number of rotatable bonds is 5. The third-order valence-electron chi connectivity index (χ3n) is 4.92. The van der Waals surface area contributed by atoms with Gasteiger partial charge in [0.2, 0.25) is 0 Å². The van der Waals surface area contributed by atoms with Gasteiger partial charge in [0.25, 0.3) is 5.91 Å². The van der Waals surface area contributed by atoms with E-state index in [9.17, 15) is 9.59 Å². The number of ether oxygens (including phenoxy) is 2. The SMILES string of the molecule is COc1ccc(C(C)NC(=O)c2[nH]c3c(c2C)C(=O)CCC3)cc1OC. The molecule has 2 N–H and O–H groups in total. The Morgan fingerprint density at radius 1 is 1.19 bits per heavy atom. The molecule has 3 rings (SSSR count). The minimum Gasteiger partial charge on any atom is -0.493 e. The number of nitrogens with one attached hydrogen (secondary N) is 2. The Hall–Kier alpha value is -2.76. The Bertz CT molecular complexity index is 854. The Balaban J connectivity index is 1.81. The van der Waals surface area contributed by atoms with Crippen molar-refractivity contribution >= 4 is 11.7 Å². The zero-order valence-corrected chi connectivity index (χ0v) is 15.6. The van der Waals surface area contributed by atoms with E-state index in [1.807, 2.05) is 32.0 Å². The van der Waals surface area contributed by atoms with Gasteiger partial charge in [-0.25, -0.2) is 0 Å². The maximum absolute atomic E-state index is 12.7. The molecule has 6 heteroatoms. The molecule has 1 aromatic heterocycles. The summed E-state index contributed by atoms with van der Waals surface area (Å²) >= 11 is 0. The zero-order valence-electron chi connectivity index (χ0n) is 15.6. The fraction of sp³-hybridized carbons (Fsp3) is 0.400. The molecule has 0 bridgehead atoms. The Labute approximate surface area is 152 Å². The number of H-pyrrole nitrogens is 1. The number of fused-ring (bicyclic) bond motifs is 1. The van der Waals surface area contributed by atoms with Crippen LogP contribution >= 0.6 is 0 Å². The van der Waals surface area contributed by atoms with E-state index in [0.29, 0.717) is 29.2 Å². The van der Waals surface area contributed by atoms with Gasteiger partial charge in [-0.05, 0) is 49.9 Å². The number of aromatic nitrogens is 1. The van der Waals surface area contributed by atoms with Crippen LogP contribution in [0.25, 0.3) is 0 Å². The number of hydrogen-bond acceptors (Lipinski definition) is 4. The van der Waals surface area contributed by atoms with Crippen LogP contribution in [0.3, 0.4) is 0 Å². The first-order valence-electron chi connectivity index (χ1n) is 8.73. The fourth-order valence-electron chi connectivity index (χ4n) is 3.48. The lowest BCUT2D eigenvalue weighted by atomic mass is 9.94. The van der Waals surface area contributed by atoms with Gasteiger partial charge in [0.05, 0.1) is 20.3 Å². The molecule has 6 nitrogen and oxygen atoms in total. The fourth-order valence-corrected chi connectivity index (χ4v) is 3.48. The van der Waals surface area contributed by atoms with Crippen molar-refractivity contribution in [1.82, 2.24) is 10.3 Å². The summed E-state index contributed by atoms with van der Waals surface area (Å²) in [6, 6.07) is 5.33. The summed E-state index contributed by atoms with van der Waals surface area (Å²) in [7, 11) is 3.16. The predicted octanol–water partition coefficient (Wildman–Crippen LogP) is 3.35. The third kappa shape index (κ3) is 3.19. The van der Waals surface area contributed by atoms with Gasteiger partial charge in [-0.1, -0.05) is 6.07 Å². The normalized spacial score (nSPS) is 14.5. The molecule has 0 radical (unpaired) electrons. The second kappa shape index (κ2) is 7.23. The van der Waals surface area contributed by atoms with E-state index in [4.69, 9.17) is 9.47 Å².